The molecule has 0 spiro atoms. The highest BCUT2D eigenvalue weighted by Crippen LogP contribution is 2.47. The lowest BCUT2D eigenvalue weighted by atomic mass is 9.93. The van der Waals surface area contributed by atoms with Gasteiger partial charge in [-0.05, 0) is 24.5 Å². The zero-order chi connectivity index (χ0) is 25.4. The first-order valence-electron chi connectivity index (χ1n) is 11.0. The number of fused-ring (bicyclic) bond motifs is 1. The van der Waals surface area contributed by atoms with Crippen LogP contribution in [0.5, 0.6) is 11.5 Å². The van der Waals surface area contributed by atoms with E-state index in [4.69, 9.17) is 23.7 Å². The Kier molecular flexibility index (Phi) is 9.58. The molecule has 2 heterocycles. The Labute approximate surface area is 209 Å². The largest absolute Gasteiger partial charge is 0.497 e. The number of allylic oxidation sites excluding steroid dienone is 1. The van der Waals surface area contributed by atoms with Gasteiger partial charge in [0.2, 0.25) is 5.91 Å². The molecule has 11 heteroatoms. The smallest absolute Gasteiger partial charge is 0.338 e. The molecule has 35 heavy (non-hydrogen) atoms. The van der Waals surface area contributed by atoms with Crippen LogP contribution >= 0.6 is 11.8 Å². The van der Waals surface area contributed by atoms with Gasteiger partial charge in [-0.3, -0.25) is 4.79 Å². The summed E-state index contributed by atoms with van der Waals surface area (Å²) in [7, 11) is 6.24. The quantitative estimate of drug-likeness (QED) is 0.339. The van der Waals surface area contributed by atoms with Gasteiger partial charge in [-0.15, -0.1) is 0 Å². The maximum absolute atomic E-state index is 13.3. The highest BCUT2D eigenvalue weighted by molar-refractivity contribution is 8.16. The van der Waals surface area contributed by atoms with Crippen molar-refractivity contribution in [3.05, 3.63) is 46.1 Å². The number of ether oxygens (including phenoxy) is 5. The van der Waals surface area contributed by atoms with Crippen molar-refractivity contribution in [3.63, 3.8) is 0 Å². The molecule has 0 unspecified atom stereocenters. The predicted octanol–water partition coefficient (Wildman–Crippen LogP) is 2.62. The van der Waals surface area contributed by atoms with Crippen molar-refractivity contribution in [2.45, 2.75) is 19.4 Å². The topological polar surface area (TPSA) is 108 Å². The second kappa shape index (κ2) is 12.6. The van der Waals surface area contributed by atoms with Crippen molar-refractivity contribution in [3.8, 4) is 11.5 Å². The van der Waals surface area contributed by atoms with E-state index in [-0.39, 0.29) is 25.5 Å². The average Bonchev–Trinajstić information content (AvgIpc) is 3.24. The van der Waals surface area contributed by atoms with Crippen LogP contribution in [0.15, 0.2) is 45.6 Å². The molecular weight excluding hydrogens is 474 g/mol. The molecule has 3 rings (SSSR count). The van der Waals surface area contributed by atoms with E-state index in [2.05, 4.69) is 10.3 Å². The van der Waals surface area contributed by atoms with Crippen LogP contribution in [-0.2, 0) is 23.8 Å². The van der Waals surface area contributed by atoms with Gasteiger partial charge in [-0.2, -0.15) is 0 Å². The molecule has 0 saturated carbocycles. The molecule has 190 valence electrons. The highest BCUT2D eigenvalue weighted by atomic mass is 32.2. The van der Waals surface area contributed by atoms with Gasteiger partial charge < -0.3 is 33.9 Å². The molecule has 1 amide bonds. The zero-order valence-electron chi connectivity index (χ0n) is 20.6. The molecule has 10 nitrogen and oxygen atoms in total. The van der Waals surface area contributed by atoms with Gasteiger partial charge in [-0.25, -0.2) is 9.79 Å². The van der Waals surface area contributed by atoms with Gasteiger partial charge in [0.1, 0.15) is 18.1 Å². The Balaban J connectivity index is 2.02. The molecule has 0 aromatic heterocycles. The number of nitrogens with one attached hydrogen (secondary N) is 1. The number of hydrogen-bond donors (Lipinski definition) is 1. The minimum atomic E-state index is -0.619. The first-order chi connectivity index (χ1) is 16.9. The third-order valence-corrected chi connectivity index (χ3v) is 6.34. The minimum absolute atomic E-state index is 0.106. The Hall–Kier alpha value is -3.02. The average molecular weight is 506 g/mol. The molecule has 1 aromatic rings. The maximum Gasteiger partial charge on any atom is 0.338 e. The van der Waals surface area contributed by atoms with Crippen molar-refractivity contribution in [2.75, 3.05) is 54.8 Å². The van der Waals surface area contributed by atoms with Crippen molar-refractivity contribution >= 4 is 28.8 Å². The number of amides is 1. The van der Waals surface area contributed by atoms with Crippen molar-refractivity contribution < 1.29 is 33.3 Å². The van der Waals surface area contributed by atoms with Gasteiger partial charge in [0.25, 0.3) is 0 Å². The van der Waals surface area contributed by atoms with E-state index in [9.17, 15) is 9.59 Å². The van der Waals surface area contributed by atoms with Gasteiger partial charge >= 0.3 is 5.97 Å². The van der Waals surface area contributed by atoms with Crippen LogP contribution in [0, 0.1) is 0 Å². The Morgan fingerprint density at radius 2 is 1.86 bits per heavy atom. The summed E-state index contributed by atoms with van der Waals surface area (Å²) in [5.74, 6) is 0.479. The van der Waals surface area contributed by atoms with Crippen LogP contribution < -0.4 is 14.8 Å². The van der Waals surface area contributed by atoms with Crippen LogP contribution in [0.2, 0.25) is 0 Å². The van der Waals surface area contributed by atoms with E-state index in [0.29, 0.717) is 52.3 Å². The molecule has 0 saturated heterocycles. The highest BCUT2D eigenvalue weighted by Gasteiger charge is 2.42. The summed E-state index contributed by atoms with van der Waals surface area (Å²) in [5.41, 5.74) is 2.32. The zero-order valence-corrected chi connectivity index (χ0v) is 21.4. The van der Waals surface area contributed by atoms with E-state index in [0.717, 1.165) is 0 Å². The third kappa shape index (κ3) is 6.16. The lowest BCUT2D eigenvalue weighted by Crippen LogP contribution is -2.38. The molecule has 1 N–H and O–H groups in total. The summed E-state index contributed by atoms with van der Waals surface area (Å²) in [6.07, 6.45) is 0.107. The number of carbonyl (C=O) groups is 2. The summed E-state index contributed by atoms with van der Waals surface area (Å²) in [5, 5.41) is 5.38. The van der Waals surface area contributed by atoms with Crippen LogP contribution in [0.1, 0.15) is 24.9 Å². The van der Waals surface area contributed by atoms with Crippen LogP contribution in [0.25, 0.3) is 0 Å². The number of hydrogen-bond acceptors (Lipinski definition) is 10. The van der Waals surface area contributed by atoms with Crippen LogP contribution in [-0.4, -0.2) is 76.7 Å². The number of esters is 1. The van der Waals surface area contributed by atoms with Gasteiger partial charge in [0.05, 0.1) is 51.2 Å². The molecular formula is C24H31N3O7S. The standard InChI is InChI=1S/C24H31N3O7S/c1-15-21(23(29)34-11-10-31-3)22(18-7-6-17(32-4)13-19(18)33-5)27-16(14-35-24(27)26-15)12-20(28)25-8-9-30-2/h6-7,13-14,22H,8-12H2,1-5H3,(H,25,28)/t22-/m1/s1. The monoisotopic (exact) mass is 505 g/mol. The molecule has 2 aliphatic heterocycles. The second-order valence-electron chi connectivity index (χ2n) is 7.65. The molecule has 1 aromatic carbocycles. The van der Waals surface area contributed by atoms with E-state index in [1.54, 1.807) is 40.4 Å². The summed E-state index contributed by atoms with van der Waals surface area (Å²) < 4.78 is 26.5. The summed E-state index contributed by atoms with van der Waals surface area (Å²) >= 11 is 1.40. The fourth-order valence-corrected chi connectivity index (χ4v) is 4.75. The van der Waals surface area contributed by atoms with E-state index >= 15 is 0 Å². The molecule has 0 radical (unpaired) electrons. The number of rotatable bonds is 12. The third-order valence-electron chi connectivity index (χ3n) is 5.45. The van der Waals surface area contributed by atoms with E-state index < -0.39 is 12.0 Å². The molecule has 0 fully saturated rings. The minimum Gasteiger partial charge on any atom is -0.497 e. The first kappa shape index (κ1) is 26.6. The number of thioether (sulfide) groups is 1. The SMILES string of the molecule is COCCNC(=O)CC1=CSC2=NC(C)=C(C(=O)OCCOC)[C@@H](c3ccc(OC)cc3OC)N12. The fourth-order valence-electron chi connectivity index (χ4n) is 3.78. The van der Waals surface area contributed by atoms with Gasteiger partial charge in [0.15, 0.2) is 5.17 Å². The molecule has 0 bridgehead atoms. The molecule has 1 atom stereocenters. The summed E-state index contributed by atoms with van der Waals surface area (Å²) in [4.78, 5) is 32.4. The van der Waals surface area contributed by atoms with Crippen molar-refractivity contribution in [2.24, 2.45) is 4.99 Å². The number of amidine groups is 1. The molecule has 0 aliphatic carbocycles. The van der Waals surface area contributed by atoms with E-state index in [1.165, 1.54) is 18.9 Å². The number of carbonyl (C=O) groups excluding carboxylic acids is 2. The van der Waals surface area contributed by atoms with Gasteiger partial charge in [0, 0.05) is 38.1 Å². The van der Waals surface area contributed by atoms with Crippen molar-refractivity contribution in [1.82, 2.24) is 10.2 Å². The lowest BCUT2D eigenvalue weighted by molar-refractivity contribution is -0.141. The van der Waals surface area contributed by atoms with Gasteiger partial charge in [-0.1, -0.05) is 11.8 Å². The predicted molar refractivity (Wildman–Crippen MR) is 132 cm³/mol. The number of benzene rings is 1. The normalized spacial score (nSPS) is 16.9. The van der Waals surface area contributed by atoms with E-state index in [1.807, 2.05) is 16.4 Å². The lowest BCUT2D eigenvalue weighted by Gasteiger charge is -2.36. The fraction of sp³-hybridized carbons (Fsp3) is 0.458. The molecule has 2 aliphatic rings. The number of aliphatic imine (C=N–C) groups is 1. The summed E-state index contributed by atoms with van der Waals surface area (Å²) in [6, 6.07) is 4.79. The second-order valence-corrected chi connectivity index (χ2v) is 8.49. The van der Waals surface area contributed by atoms with Crippen LogP contribution in [0.3, 0.4) is 0 Å². The number of nitrogens with zero attached hydrogens (tertiary/aromatic N) is 2. The van der Waals surface area contributed by atoms with Crippen molar-refractivity contribution in [1.29, 1.82) is 0 Å². The Morgan fingerprint density at radius 1 is 1.09 bits per heavy atom. The Bertz CT molecular complexity index is 1040. The summed E-state index contributed by atoms with van der Waals surface area (Å²) in [6.45, 7) is 2.98. The maximum atomic E-state index is 13.3. The first-order valence-corrected chi connectivity index (χ1v) is 11.9. The number of methoxy groups -OCH3 is 4. The Morgan fingerprint density at radius 3 is 2.54 bits per heavy atom. The van der Waals surface area contributed by atoms with Crippen LogP contribution in [0.4, 0.5) is 0 Å².